The van der Waals surface area contributed by atoms with Crippen LogP contribution in [0.5, 0.6) is 28.7 Å². The largest absolute Gasteiger partial charge is 0.508 e. The lowest BCUT2D eigenvalue weighted by atomic mass is 9.88. The molecule has 0 aromatic heterocycles. The number of aliphatic hydroxyl groups excluding tert-OH is 3. The van der Waals surface area contributed by atoms with E-state index in [1.54, 1.807) is 0 Å². The number of aliphatic hydroxyl groups is 3. The number of hydrogen-bond acceptors (Lipinski definition) is 12. The van der Waals surface area contributed by atoms with Crippen LogP contribution in [0.2, 0.25) is 0 Å². The molecular weight excluding hydrogens is 504 g/mol. The van der Waals surface area contributed by atoms with Crippen LogP contribution in [0.15, 0.2) is 54.6 Å². The first-order chi connectivity index (χ1) is 18.0. The molecule has 8 N–H and O–H groups in total. The van der Waals surface area contributed by atoms with E-state index >= 15 is 0 Å². The zero-order chi connectivity index (χ0) is 27.7. The SMILES string of the molecule is O=C(O[C@H]1[C@H](O)[C@@H](O)[C@H](CO)O[C@@H]1c1c(O)cc(O)c(C(=O)c2ccc(O)cc2)c1O)c1ccc(O)cc1. The Morgan fingerprint density at radius 1 is 0.789 bits per heavy atom. The van der Waals surface area contributed by atoms with Crippen LogP contribution in [-0.2, 0) is 9.47 Å². The van der Waals surface area contributed by atoms with Crippen molar-refractivity contribution in [2.45, 2.75) is 30.5 Å². The highest BCUT2D eigenvalue weighted by Crippen LogP contribution is 2.47. The van der Waals surface area contributed by atoms with Crippen LogP contribution in [0.25, 0.3) is 0 Å². The zero-order valence-electron chi connectivity index (χ0n) is 19.5. The maximum atomic E-state index is 13.1. The number of carbonyl (C=O) groups excluding carboxylic acids is 2. The van der Waals surface area contributed by atoms with Gasteiger partial charge < -0.3 is 50.3 Å². The highest BCUT2D eigenvalue weighted by molar-refractivity contribution is 6.13. The van der Waals surface area contributed by atoms with Crippen LogP contribution in [-0.4, -0.2) is 83.6 Å². The van der Waals surface area contributed by atoms with Crippen molar-refractivity contribution in [3.8, 4) is 28.7 Å². The number of ketones is 1. The molecule has 0 spiro atoms. The molecule has 3 aromatic carbocycles. The highest BCUT2D eigenvalue weighted by Gasteiger charge is 2.49. The van der Waals surface area contributed by atoms with Crippen molar-refractivity contribution < 1.29 is 59.9 Å². The summed E-state index contributed by atoms with van der Waals surface area (Å²) in [5.74, 6) is -4.81. The standard InChI is InChI=1S/C26H24O12/c27-10-17-21(33)23(35)25(38-26(36)12-3-7-14(29)8-4-12)24(37-17)19-16(31)9-15(30)18(22(19)34)20(32)11-1-5-13(28)6-2-11/h1-9,17,21,23-25,27-31,33-35H,10H2/t17-,21-,23+,24+,25-/m0/s1. The number of phenolic OH excluding ortho intramolecular Hbond substituents is 5. The van der Waals surface area contributed by atoms with Gasteiger partial charge >= 0.3 is 5.97 Å². The summed E-state index contributed by atoms with van der Waals surface area (Å²) in [5, 5.41) is 81.8. The van der Waals surface area contributed by atoms with Gasteiger partial charge in [-0.3, -0.25) is 4.79 Å². The Balaban J connectivity index is 1.79. The summed E-state index contributed by atoms with van der Waals surface area (Å²) in [6, 6.07) is 10.4. The Morgan fingerprint density at radius 2 is 1.34 bits per heavy atom. The number of aromatic hydroxyl groups is 5. The number of esters is 1. The highest BCUT2D eigenvalue weighted by atomic mass is 16.6. The van der Waals surface area contributed by atoms with E-state index < -0.39 is 77.3 Å². The molecule has 200 valence electrons. The summed E-state index contributed by atoms with van der Waals surface area (Å²) < 4.78 is 11.0. The van der Waals surface area contributed by atoms with Crippen molar-refractivity contribution in [3.63, 3.8) is 0 Å². The van der Waals surface area contributed by atoms with E-state index in [0.717, 1.165) is 6.07 Å². The Morgan fingerprint density at radius 3 is 1.89 bits per heavy atom. The predicted molar refractivity (Wildman–Crippen MR) is 127 cm³/mol. The van der Waals surface area contributed by atoms with Crippen molar-refractivity contribution in [1.29, 1.82) is 0 Å². The fourth-order valence-corrected chi connectivity index (χ4v) is 4.16. The normalized spacial score (nSPS) is 23.1. The third kappa shape index (κ3) is 4.93. The van der Waals surface area contributed by atoms with Gasteiger partial charge in [-0.2, -0.15) is 0 Å². The van der Waals surface area contributed by atoms with E-state index in [2.05, 4.69) is 0 Å². The molecule has 12 nitrogen and oxygen atoms in total. The van der Waals surface area contributed by atoms with Gasteiger partial charge in [-0.05, 0) is 48.5 Å². The van der Waals surface area contributed by atoms with Crippen LogP contribution in [0.3, 0.4) is 0 Å². The number of hydrogen-bond donors (Lipinski definition) is 8. The number of benzene rings is 3. The summed E-state index contributed by atoms with van der Waals surface area (Å²) in [6.07, 6.45) is -8.63. The molecule has 0 aliphatic carbocycles. The summed E-state index contributed by atoms with van der Waals surface area (Å²) in [5.41, 5.74) is -1.35. The molecule has 1 saturated heterocycles. The molecule has 1 aliphatic rings. The third-order valence-electron chi connectivity index (χ3n) is 6.15. The minimum absolute atomic E-state index is 0.0476. The van der Waals surface area contributed by atoms with Crippen LogP contribution >= 0.6 is 0 Å². The lowest BCUT2D eigenvalue weighted by Gasteiger charge is -2.42. The Hall–Kier alpha value is -4.36. The average molecular weight is 528 g/mol. The molecule has 0 radical (unpaired) electrons. The number of phenols is 5. The first-order valence-electron chi connectivity index (χ1n) is 11.3. The smallest absolute Gasteiger partial charge is 0.338 e. The molecule has 0 bridgehead atoms. The van der Waals surface area contributed by atoms with Crippen LogP contribution in [0.1, 0.15) is 37.9 Å². The zero-order valence-corrected chi connectivity index (χ0v) is 19.5. The monoisotopic (exact) mass is 528 g/mol. The molecule has 0 amide bonds. The van der Waals surface area contributed by atoms with Crippen molar-refractivity contribution in [3.05, 3.63) is 76.9 Å². The second-order valence-corrected chi connectivity index (χ2v) is 8.60. The van der Waals surface area contributed by atoms with E-state index in [1.165, 1.54) is 48.5 Å². The van der Waals surface area contributed by atoms with E-state index in [1.807, 2.05) is 0 Å². The summed E-state index contributed by atoms with van der Waals surface area (Å²) >= 11 is 0. The topological polar surface area (TPSA) is 214 Å². The van der Waals surface area contributed by atoms with Gasteiger partial charge in [0, 0.05) is 11.6 Å². The Kier molecular flexibility index (Phi) is 7.41. The van der Waals surface area contributed by atoms with Crippen LogP contribution in [0, 0.1) is 0 Å². The maximum Gasteiger partial charge on any atom is 0.338 e. The van der Waals surface area contributed by atoms with Gasteiger partial charge in [0.15, 0.2) is 6.10 Å². The Bertz CT molecular complexity index is 1340. The molecular formula is C26H24O12. The molecule has 5 atom stereocenters. The number of ether oxygens (including phenoxy) is 2. The molecule has 38 heavy (non-hydrogen) atoms. The first kappa shape index (κ1) is 26.7. The number of rotatable bonds is 6. The number of carbonyl (C=O) groups is 2. The fourth-order valence-electron chi connectivity index (χ4n) is 4.16. The van der Waals surface area contributed by atoms with Gasteiger partial charge in [0.1, 0.15) is 58.7 Å². The van der Waals surface area contributed by atoms with Gasteiger partial charge in [-0.25, -0.2) is 4.79 Å². The van der Waals surface area contributed by atoms with Gasteiger partial charge in [0.05, 0.1) is 17.7 Å². The average Bonchev–Trinajstić information content (AvgIpc) is 2.88. The van der Waals surface area contributed by atoms with Crippen molar-refractivity contribution >= 4 is 11.8 Å². The second kappa shape index (κ2) is 10.6. The first-order valence-corrected chi connectivity index (χ1v) is 11.3. The molecule has 12 heteroatoms. The van der Waals surface area contributed by atoms with Gasteiger partial charge in [-0.15, -0.1) is 0 Å². The predicted octanol–water partition coefficient (Wildman–Crippen LogP) is 0.825. The molecule has 1 fully saturated rings. The van der Waals surface area contributed by atoms with E-state index in [0.29, 0.717) is 0 Å². The van der Waals surface area contributed by atoms with Gasteiger partial charge in [0.2, 0.25) is 5.78 Å². The summed E-state index contributed by atoms with van der Waals surface area (Å²) in [7, 11) is 0. The molecule has 1 aliphatic heterocycles. The fraction of sp³-hybridized carbons (Fsp3) is 0.231. The van der Waals surface area contributed by atoms with Crippen molar-refractivity contribution in [2.24, 2.45) is 0 Å². The Labute approximate surface area is 214 Å². The maximum absolute atomic E-state index is 13.1. The third-order valence-corrected chi connectivity index (χ3v) is 6.15. The lowest BCUT2D eigenvalue weighted by Crippen LogP contribution is -2.56. The second-order valence-electron chi connectivity index (χ2n) is 8.60. The molecule has 3 aromatic rings. The minimum atomic E-state index is -1.89. The molecule has 4 rings (SSSR count). The van der Waals surface area contributed by atoms with Crippen LogP contribution in [0.4, 0.5) is 0 Å². The molecule has 0 unspecified atom stereocenters. The van der Waals surface area contributed by atoms with Gasteiger partial charge in [-0.1, -0.05) is 0 Å². The lowest BCUT2D eigenvalue weighted by molar-refractivity contribution is -0.232. The van der Waals surface area contributed by atoms with Crippen molar-refractivity contribution in [1.82, 2.24) is 0 Å². The summed E-state index contributed by atoms with van der Waals surface area (Å²) in [6.45, 7) is -0.813. The molecule has 0 saturated carbocycles. The van der Waals surface area contributed by atoms with Gasteiger partial charge in [0.25, 0.3) is 0 Å². The van der Waals surface area contributed by atoms with Crippen molar-refractivity contribution in [2.75, 3.05) is 6.61 Å². The minimum Gasteiger partial charge on any atom is -0.508 e. The van der Waals surface area contributed by atoms with Crippen LogP contribution < -0.4 is 0 Å². The van der Waals surface area contributed by atoms with E-state index in [4.69, 9.17) is 9.47 Å². The molecule has 1 heterocycles. The van der Waals surface area contributed by atoms with E-state index in [9.17, 15) is 50.4 Å². The summed E-state index contributed by atoms with van der Waals surface area (Å²) in [4.78, 5) is 25.9. The van der Waals surface area contributed by atoms with E-state index in [-0.39, 0.29) is 22.6 Å². The quantitative estimate of drug-likeness (QED) is 0.165.